The Labute approximate surface area is 150 Å². The lowest BCUT2D eigenvalue weighted by Crippen LogP contribution is -2.44. The molecule has 7 nitrogen and oxygen atoms in total. The smallest absolute Gasteiger partial charge is 0.252 e. The van der Waals surface area contributed by atoms with Gasteiger partial charge in [0.2, 0.25) is 11.9 Å². The quantitative estimate of drug-likeness (QED) is 0.842. The van der Waals surface area contributed by atoms with Crippen molar-refractivity contribution in [3.05, 3.63) is 37.7 Å². The van der Waals surface area contributed by atoms with Gasteiger partial charge in [-0.05, 0) is 26.7 Å². The van der Waals surface area contributed by atoms with Crippen LogP contribution in [0.2, 0.25) is 0 Å². The molecular weight excluding hydrogens is 338 g/mol. The van der Waals surface area contributed by atoms with Crippen molar-refractivity contribution in [1.29, 1.82) is 0 Å². The van der Waals surface area contributed by atoms with Gasteiger partial charge in [-0.2, -0.15) is 0 Å². The first-order valence-corrected chi connectivity index (χ1v) is 9.14. The molecule has 1 aliphatic carbocycles. The molecule has 0 bridgehead atoms. The Morgan fingerprint density at radius 2 is 2.08 bits per heavy atom. The summed E-state index contributed by atoms with van der Waals surface area (Å²) in [5.74, 6) is 0.813. The van der Waals surface area contributed by atoms with Crippen molar-refractivity contribution in [2.45, 2.75) is 45.1 Å². The largest absolute Gasteiger partial charge is 0.353 e. The lowest BCUT2D eigenvalue weighted by atomic mass is 9.78. The Balaban J connectivity index is 1.55. The van der Waals surface area contributed by atoms with Gasteiger partial charge in [-0.25, -0.2) is 9.97 Å². The molecule has 134 valence electrons. The SMILES string of the molecule is Cc1nc(C)c(CC(=O)NC2CC(c3cc(=O)[nH]c(N(C)C)n3)C2)s1. The maximum atomic E-state index is 12.2. The molecule has 2 heterocycles. The maximum Gasteiger partial charge on any atom is 0.252 e. The molecule has 0 spiro atoms. The average molecular weight is 361 g/mol. The van der Waals surface area contributed by atoms with Gasteiger partial charge in [0.05, 0.1) is 22.8 Å². The minimum absolute atomic E-state index is 0.0306. The monoisotopic (exact) mass is 361 g/mol. The van der Waals surface area contributed by atoms with Gasteiger partial charge in [0, 0.05) is 37.0 Å². The van der Waals surface area contributed by atoms with Gasteiger partial charge in [-0.15, -0.1) is 11.3 Å². The average Bonchev–Trinajstić information content (AvgIpc) is 2.79. The molecule has 3 rings (SSSR count). The van der Waals surface area contributed by atoms with Crippen LogP contribution in [-0.4, -0.2) is 41.0 Å². The molecule has 0 unspecified atom stereocenters. The van der Waals surface area contributed by atoms with Crippen molar-refractivity contribution in [2.24, 2.45) is 0 Å². The first kappa shape index (κ1) is 17.6. The van der Waals surface area contributed by atoms with E-state index in [1.165, 1.54) is 0 Å². The van der Waals surface area contributed by atoms with Crippen LogP contribution in [0.25, 0.3) is 0 Å². The molecule has 0 atom stereocenters. The fourth-order valence-electron chi connectivity index (χ4n) is 3.02. The Hall–Kier alpha value is -2.22. The molecule has 0 aromatic carbocycles. The van der Waals surface area contributed by atoms with Crippen molar-refractivity contribution in [1.82, 2.24) is 20.3 Å². The third-order valence-electron chi connectivity index (χ3n) is 4.41. The minimum Gasteiger partial charge on any atom is -0.353 e. The Kier molecular flexibility index (Phi) is 4.89. The van der Waals surface area contributed by atoms with Crippen LogP contribution in [0, 0.1) is 13.8 Å². The number of aryl methyl sites for hydroxylation is 2. The second-order valence-corrected chi connectivity index (χ2v) is 8.03. The highest BCUT2D eigenvalue weighted by atomic mass is 32.1. The Morgan fingerprint density at radius 1 is 1.36 bits per heavy atom. The number of hydrogen-bond acceptors (Lipinski definition) is 6. The number of rotatable bonds is 5. The van der Waals surface area contributed by atoms with Gasteiger partial charge in [-0.3, -0.25) is 14.6 Å². The van der Waals surface area contributed by atoms with Gasteiger partial charge in [0.15, 0.2) is 0 Å². The van der Waals surface area contributed by atoms with Gasteiger partial charge >= 0.3 is 0 Å². The molecule has 0 aliphatic heterocycles. The van der Waals surface area contributed by atoms with E-state index < -0.39 is 0 Å². The summed E-state index contributed by atoms with van der Waals surface area (Å²) in [6, 6.07) is 1.70. The number of anilines is 1. The highest BCUT2D eigenvalue weighted by Gasteiger charge is 2.33. The van der Waals surface area contributed by atoms with Gasteiger partial charge < -0.3 is 10.2 Å². The van der Waals surface area contributed by atoms with E-state index in [-0.39, 0.29) is 23.4 Å². The predicted octanol–water partition coefficient (Wildman–Crippen LogP) is 1.51. The Morgan fingerprint density at radius 3 is 2.68 bits per heavy atom. The van der Waals surface area contributed by atoms with Crippen molar-refractivity contribution in [3.8, 4) is 0 Å². The molecule has 2 aromatic heterocycles. The fourth-order valence-corrected chi connectivity index (χ4v) is 3.96. The fraction of sp³-hybridized carbons (Fsp3) is 0.529. The molecule has 8 heteroatoms. The summed E-state index contributed by atoms with van der Waals surface area (Å²) >= 11 is 1.57. The van der Waals surface area contributed by atoms with E-state index in [2.05, 4.69) is 20.3 Å². The molecule has 2 aromatic rings. The van der Waals surface area contributed by atoms with Gasteiger partial charge in [-0.1, -0.05) is 0 Å². The standard InChI is InChI=1S/C17H23N5O2S/c1-9-14(25-10(2)18-9)8-16(24)19-12-5-11(6-12)13-7-15(23)21-17(20-13)22(3)4/h7,11-12H,5-6,8H2,1-4H3,(H,19,24)(H,20,21,23). The molecule has 1 saturated carbocycles. The molecule has 25 heavy (non-hydrogen) atoms. The molecule has 0 saturated heterocycles. The summed E-state index contributed by atoms with van der Waals surface area (Å²) in [5, 5.41) is 4.06. The zero-order valence-corrected chi connectivity index (χ0v) is 15.7. The third kappa shape index (κ3) is 4.07. The molecule has 1 aliphatic rings. The lowest BCUT2D eigenvalue weighted by molar-refractivity contribution is -0.121. The number of H-pyrrole nitrogens is 1. The van der Waals surface area contributed by atoms with Crippen LogP contribution in [0.4, 0.5) is 5.95 Å². The number of hydrogen-bond donors (Lipinski definition) is 2. The van der Waals surface area contributed by atoms with Crippen molar-refractivity contribution in [2.75, 3.05) is 19.0 Å². The highest BCUT2D eigenvalue weighted by Crippen LogP contribution is 2.35. The summed E-state index contributed by atoms with van der Waals surface area (Å²) in [6.07, 6.45) is 2.01. The summed E-state index contributed by atoms with van der Waals surface area (Å²) in [5.41, 5.74) is 1.59. The van der Waals surface area contributed by atoms with E-state index in [9.17, 15) is 9.59 Å². The summed E-state index contributed by atoms with van der Waals surface area (Å²) in [4.78, 5) is 38.3. The normalized spacial score (nSPS) is 19.4. The van der Waals surface area contributed by atoms with Crippen molar-refractivity contribution in [3.63, 3.8) is 0 Å². The number of aromatic amines is 1. The number of thiazole rings is 1. The van der Waals surface area contributed by atoms with Gasteiger partial charge in [0.1, 0.15) is 0 Å². The minimum atomic E-state index is -0.141. The van der Waals surface area contributed by atoms with E-state index in [4.69, 9.17) is 0 Å². The van der Waals surface area contributed by atoms with E-state index >= 15 is 0 Å². The van der Waals surface area contributed by atoms with E-state index in [1.807, 2.05) is 27.9 Å². The van der Waals surface area contributed by atoms with Gasteiger partial charge in [0.25, 0.3) is 5.56 Å². The van der Waals surface area contributed by atoms with Crippen molar-refractivity contribution >= 4 is 23.2 Å². The molecule has 1 amide bonds. The highest BCUT2D eigenvalue weighted by molar-refractivity contribution is 7.11. The molecule has 0 radical (unpaired) electrons. The second-order valence-electron chi connectivity index (χ2n) is 6.74. The van der Waals surface area contributed by atoms with E-state index in [0.717, 1.165) is 34.1 Å². The zero-order valence-electron chi connectivity index (χ0n) is 14.9. The Bertz CT molecular complexity index is 836. The number of aromatic nitrogens is 3. The summed E-state index contributed by atoms with van der Waals surface area (Å²) < 4.78 is 0. The molecular formula is C17H23N5O2S. The third-order valence-corrected chi connectivity index (χ3v) is 5.49. The maximum absolute atomic E-state index is 12.2. The number of carbonyl (C=O) groups excluding carboxylic acids is 1. The molecule has 1 fully saturated rings. The van der Waals surface area contributed by atoms with Crippen LogP contribution in [0.15, 0.2) is 10.9 Å². The molecule has 2 N–H and O–H groups in total. The van der Waals surface area contributed by atoms with Crippen LogP contribution in [0.3, 0.4) is 0 Å². The summed E-state index contributed by atoms with van der Waals surface area (Å²) in [6.45, 7) is 3.89. The van der Waals surface area contributed by atoms with Crippen LogP contribution in [0.1, 0.15) is 40.0 Å². The van der Waals surface area contributed by atoms with E-state index in [1.54, 1.807) is 22.3 Å². The number of carbonyl (C=O) groups is 1. The second kappa shape index (κ2) is 6.95. The first-order valence-electron chi connectivity index (χ1n) is 8.32. The summed E-state index contributed by atoms with van der Waals surface area (Å²) in [7, 11) is 3.68. The van der Waals surface area contributed by atoms with E-state index in [0.29, 0.717) is 12.4 Å². The number of nitrogens with zero attached hydrogens (tertiary/aromatic N) is 3. The van der Waals surface area contributed by atoms with Crippen LogP contribution in [0.5, 0.6) is 0 Å². The zero-order chi connectivity index (χ0) is 18.1. The number of nitrogens with one attached hydrogen (secondary N) is 2. The first-order chi connectivity index (χ1) is 11.8. The van der Waals surface area contributed by atoms with Crippen LogP contribution < -0.4 is 15.8 Å². The number of amides is 1. The lowest BCUT2D eigenvalue weighted by Gasteiger charge is -2.35. The van der Waals surface area contributed by atoms with Crippen LogP contribution >= 0.6 is 11.3 Å². The predicted molar refractivity (Wildman–Crippen MR) is 98.4 cm³/mol. The topological polar surface area (TPSA) is 91.0 Å². The van der Waals surface area contributed by atoms with Crippen LogP contribution in [-0.2, 0) is 11.2 Å². The van der Waals surface area contributed by atoms with Crippen molar-refractivity contribution < 1.29 is 4.79 Å².